The zero-order chi connectivity index (χ0) is 20.9. The maximum absolute atomic E-state index is 6.25. The maximum Gasteiger partial charge on any atom is 0.213 e. The van der Waals surface area contributed by atoms with Gasteiger partial charge in [0.05, 0.1) is 38.0 Å². The second-order valence-electron chi connectivity index (χ2n) is 6.70. The molecular weight excluding hydrogens is 400 g/mol. The first-order chi connectivity index (χ1) is 14.7. The van der Waals surface area contributed by atoms with Crippen LogP contribution in [-0.2, 0) is 4.74 Å². The Bertz CT molecular complexity index is 945. The van der Waals surface area contributed by atoms with E-state index in [9.17, 15) is 0 Å². The summed E-state index contributed by atoms with van der Waals surface area (Å²) in [6.07, 6.45) is 0. The minimum absolute atomic E-state index is 0.467. The van der Waals surface area contributed by atoms with Crippen molar-refractivity contribution >= 4 is 22.4 Å². The van der Waals surface area contributed by atoms with E-state index in [1.807, 2.05) is 53.4 Å². The minimum atomic E-state index is 0.467. The summed E-state index contributed by atoms with van der Waals surface area (Å²) in [5.74, 6) is 2.08. The normalized spacial score (nSPS) is 14.6. The van der Waals surface area contributed by atoms with Gasteiger partial charge in [-0.3, -0.25) is 0 Å². The number of ether oxygens (including phenoxy) is 3. The Morgan fingerprint density at radius 1 is 0.967 bits per heavy atom. The van der Waals surface area contributed by atoms with Crippen LogP contribution in [0.2, 0.25) is 0 Å². The molecule has 1 aliphatic heterocycles. The van der Waals surface area contributed by atoms with Gasteiger partial charge in [0.25, 0.3) is 0 Å². The van der Waals surface area contributed by atoms with Gasteiger partial charge >= 0.3 is 0 Å². The third-order valence-electron chi connectivity index (χ3n) is 4.88. The fourth-order valence-electron chi connectivity index (χ4n) is 3.20. The Kier molecular flexibility index (Phi) is 6.15. The summed E-state index contributed by atoms with van der Waals surface area (Å²) in [5, 5.41) is 0.621. The molecule has 30 heavy (non-hydrogen) atoms. The van der Waals surface area contributed by atoms with Crippen molar-refractivity contribution < 1.29 is 14.2 Å². The third-order valence-corrected chi connectivity index (χ3v) is 5.88. The SMILES string of the molecule is COc1ccc(-c2nc(/N=C(/N)N3CCOCC3)sc2-c2ccc(OC)cc2)cc1. The van der Waals surface area contributed by atoms with Gasteiger partial charge in [-0.15, -0.1) is 0 Å². The largest absolute Gasteiger partial charge is 0.497 e. The van der Waals surface area contributed by atoms with E-state index in [0.717, 1.165) is 46.3 Å². The van der Waals surface area contributed by atoms with Crippen LogP contribution < -0.4 is 15.2 Å². The van der Waals surface area contributed by atoms with E-state index in [1.54, 1.807) is 14.2 Å². The molecule has 2 heterocycles. The van der Waals surface area contributed by atoms with Gasteiger partial charge in [0.2, 0.25) is 5.13 Å². The van der Waals surface area contributed by atoms with E-state index in [1.165, 1.54) is 11.3 Å². The van der Waals surface area contributed by atoms with Crippen LogP contribution in [0.25, 0.3) is 21.7 Å². The average Bonchev–Trinajstić information content (AvgIpc) is 3.23. The first-order valence-corrected chi connectivity index (χ1v) is 10.5. The molecule has 0 atom stereocenters. The number of hydrogen-bond donors (Lipinski definition) is 1. The third kappa shape index (κ3) is 4.39. The molecular formula is C22H24N4O3S. The Balaban J connectivity index is 1.73. The van der Waals surface area contributed by atoms with Crippen molar-refractivity contribution in [1.29, 1.82) is 0 Å². The van der Waals surface area contributed by atoms with Crippen LogP contribution in [0.15, 0.2) is 53.5 Å². The van der Waals surface area contributed by atoms with E-state index in [4.69, 9.17) is 24.9 Å². The lowest BCUT2D eigenvalue weighted by Gasteiger charge is -2.27. The van der Waals surface area contributed by atoms with Crippen molar-refractivity contribution in [2.45, 2.75) is 0 Å². The molecule has 2 N–H and O–H groups in total. The molecule has 1 fully saturated rings. The van der Waals surface area contributed by atoms with Crippen molar-refractivity contribution in [3.05, 3.63) is 48.5 Å². The molecule has 156 valence electrons. The molecule has 1 aliphatic rings. The Labute approximate surface area is 179 Å². The van der Waals surface area contributed by atoms with Gasteiger partial charge in [0.1, 0.15) is 11.5 Å². The highest BCUT2D eigenvalue weighted by Gasteiger charge is 2.17. The predicted molar refractivity (Wildman–Crippen MR) is 120 cm³/mol. The Morgan fingerprint density at radius 3 is 2.10 bits per heavy atom. The molecule has 2 aromatic carbocycles. The van der Waals surface area contributed by atoms with Crippen LogP contribution in [0.1, 0.15) is 0 Å². The van der Waals surface area contributed by atoms with Crippen LogP contribution in [0.3, 0.4) is 0 Å². The number of rotatable bonds is 5. The summed E-state index contributed by atoms with van der Waals surface area (Å²) < 4.78 is 16.0. The molecule has 0 bridgehead atoms. The summed E-state index contributed by atoms with van der Waals surface area (Å²) in [4.78, 5) is 12.5. The van der Waals surface area contributed by atoms with Crippen molar-refractivity contribution in [2.24, 2.45) is 10.7 Å². The van der Waals surface area contributed by atoms with E-state index in [0.29, 0.717) is 24.3 Å². The minimum Gasteiger partial charge on any atom is -0.497 e. The highest BCUT2D eigenvalue weighted by Crippen LogP contribution is 2.41. The highest BCUT2D eigenvalue weighted by atomic mass is 32.1. The van der Waals surface area contributed by atoms with Crippen molar-refractivity contribution in [1.82, 2.24) is 9.88 Å². The van der Waals surface area contributed by atoms with Gasteiger partial charge in [-0.05, 0) is 54.1 Å². The molecule has 4 rings (SSSR count). The summed E-state index contributed by atoms with van der Waals surface area (Å²) in [5.41, 5.74) is 9.15. The van der Waals surface area contributed by atoms with E-state index >= 15 is 0 Å². The second-order valence-corrected chi connectivity index (χ2v) is 7.68. The summed E-state index contributed by atoms with van der Waals surface area (Å²) >= 11 is 1.51. The fourth-order valence-corrected chi connectivity index (χ4v) is 4.17. The standard InChI is InChI=1S/C22H24N4O3S/c1-27-17-7-3-15(4-8-17)19-20(16-5-9-18(28-2)10-6-16)30-22(24-19)25-21(23)26-11-13-29-14-12-26/h3-10H,11-14H2,1-2H3,(H2,23,24,25). The molecule has 3 aromatic rings. The zero-order valence-corrected chi connectivity index (χ0v) is 17.8. The van der Waals surface area contributed by atoms with Crippen molar-refractivity contribution in [2.75, 3.05) is 40.5 Å². The smallest absolute Gasteiger partial charge is 0.213 e. The van der Waals surface area contributed by atoms with E-state index in [2.05, 4.69) is 4.99 Å². The molecule has 7 nitrogen and oxygen atoms in total. The second kappa shape index (κ2) is 9.15. The average molecular weight is 425 g/mol. The number of nitrogens with zero attached hydrogens (tertiary/aromatic N) is 3. The van der Waals surface area contributed by atoms with Crippen molar-refractivity contribution in [3.63, 3.8) is 0 Å². The van der Waals surface area contributed by atoms with Gasteiger partial charge in [-0.25, -0.2) is 4.98 Å². The fraction of sp³-hybridized carbons (Fsp3) is 0.273. The van der Waals surface area contributed by atoms with Gasteiger partial charge in [-0.1, -0.05) is 11.3 Å². The number of methoxy groups -OCH3 is 2. The number of morpholine rings is 1. The van der Waals surface area contributed by atoms with E-state index in [-0.39, 0.29) is 0 Å². The number of hydrogen-bond acceptors (Lipinski definition) is 6. The van der Waals surface area contributed by atoms with Crippen LogP contribution in [0, 0.1) is 0 Å². The molecule has 0 radical (unpaired) electrons. The topological polar surface area (TPSA) is 82.2 Å². The molecule has 0 spiro atoms. The molecule has 1 saturated heterocycles. The maximum atomic E-state index is 6.25. The highest BCUT2D eigenvalue weighted by molar-refractivity contribution is 7.19. The van der Waals surface area contributed by atoms with Gasteiger partial charge in [-0.2, -0.15) is 4.99 Å². The van der Waals surface area contributed by atoms with Crippen molar-refractivity contribution in [3.8, 4) is 33.2 Å². The van der Waals surface area contributed by atoms with E-state index < -0.39 is 0 Å². The molecule has 0 saturated carbocycles. The number of guanidine groups is 1. The number of aromatic nitrogens is 1. The zero-order valence-electron chi connectivity index (χ0n) is 17.0. The van der Waals surface area contributed by atoms with Crippen LogP contribution in [-0.4, -0.2) is 56.4 Å². The summed E-state index contributed by atoms with van der Waals surface area (Å²) in [6.45, 7) is 2.78. The molecule has 8 heteroatoms. The monoisotopic (exact) mass is 424 g/mol. The first kappa shape index (κ1) is 20.2. The molecule has 1 aromatic heterocycles. The lowest BCUT2D eigenvalue weighted by atomic mass is 10.1. The van der Waals surface area contributed by atoms with Crippen LogP contribution >= 0.6 is 11.3 Å². The predicted octanol–water partition coefficient (Wildman–Crippen LogP) is 3.77. The number of thiazole rings is 1. The lowest BCUT2D eigenvalue weighted by Crippen LogP contribution is -2.44. The molecule has 0 aliphatic carbocycles. The summed E-state index contributed by atoms with van der Waals surface area (Å²) in [6, 6.07) is 15.8. The number of nitrogens with two attached hydrogens (primary N) is 1. The van der Waals surface area contributed by atoms with Gasteiger partial charge in [0, 0.05) is 18.7 Å². The van der Waals surface area contributed by atoms with Gasteiger partial charge < -0.3 is 24.8 Å². The quantitative estimate of drug-likeness (QED) is 0.496. The number of aliphatic imine (C=N–C) groups is 1. The molecule has 0 unspecified atom stereocenters. The number of benzene rings is 2. The summed E-state index contributed by atoms with van der Waals surface area (Å²) in [7, 11) is 3.31. The Hall–Kier alpha value is -3.10. The van der Waals surface area contributed by atoms with Crippen LogP contribution in [0.4, 0.5) is 5.13 Å². The van der Waals surface area contributed by atoms with Gasteiger partial charge in [0.15, 0.2) is 5.96 Å². The van der Waals surface area contributed by atoms with Crippen LogP contribution in [0.5, 0.6) is 11.5 Å². The lowest BCUT2D eigenvalue weighted by molar-refractivity contribution is 0.0675. The Morgan fingerprint density at radius 2 is 1.53 bits per heavy atom. The first-order valence-electron chi connectivity index (χ1n) is 9.64. The molecule has 0 amide bonds.